The van der Waals surface area contributed by atoms with E-state index in [0.29, 0.717) is 5.56 Å². The van der Waals surface area contributed by atoms with E-state index in [1.807, 2.05) is 0 Å². The van der Waals surface area contributed by atoms with Crippen LogP contribution in [-0.2, 0) is 0 Å². The van der Waals surface area contributed by atoms with Gasteiger partial charge in [-0.2, -0.15) is 0 Å². The lowest BCUT2D eigenvalue weighted by Crippen LogP contribution is -2.43. The number of carbonyl (C=O) groups is 1. The third-order valence-corrected chi connectivity index (χ3v) is 3.96. The highest BCUT2D eigenvalue weighted by Crippen LogP contribution is 2.23. The lowest BCUT2D eigenvalue weighted by atomic mass is 9.94. The lowest BCUT2D eigenvalue weighted by Gasteiger charge is -2.27. The lowest BCUT2D eigenvalue weighted by molar-refractivity contribution is 0.0924. The van der Waals surface area contributed by atoms with E-state index in [0.717, 1.165) is 25.7 Å². The van der Waals surface area contributed by atoms with Crippen LogP contribution < -0.4 is 5.32 Å². The van der Waals surface area contributed by atoms with Gasteiger partial charge in [0.05, 0.1) is 10.9 Å². The summed E-state index contributed by atoms with van der Waals surface area (Å²) in [5, 5.41) is 2.80. The highest BCUT2D eigenvalue weighted by molar-refractivity contribution is 6.21. The summed E-state index contributed by atoms with van der Waals surface area (Å²) in [6.45, 7) is 1.65. The van der Waals surface area contributed by atoms with Gasteiger partial charge in [0, 0.05) is 6.04 Å². The standard InChI is InChI=1S/C14H17ClFNO/c1-9-5-4-6-10(13(9)16)14(18)17-12-8-3-2-7-11(12)15/h4-6,11-12H,2-3,7-8H2,1H3,(H,17,18). The van der Waals surface area contributed by atoms with Gasteiger partial charge in [-0.3, -0.25) is 4.79 Å². The SMILES string of the molecule is Cc1cccc(C(=O)NC2CCCCC2Cl)c1F. The van der Waals surface area contributed by atoms with Gasteiger partial charge in [-0.05, 0) is 31.4 Å². The Hall–Kier alpha value is -1.09. The highest BCUT2D eigenvalue weighted by atomic mass is 35.5. The van der Waals surface area contributed by atoms with Gasteiger partial charge in [-0.15, -0.1) is 11.6 Å². The van der Waals surface area contributed by atoms with Gasteiger partial charge in [-0.1, -0.05) is 25.0 Å². The molecule has 1 aromatic carbocycles. The van der Waals surface area contributed by atoms with Crippen molar-refractivity contribution in [1.82, 2.24) is 5.32 Å². The molecule has 0 radical (unpaired) electrons. The molecule has 0 saturated heterocycles. The largest absolute Gasteiger partial charge is 0.348 e. The Morgan fingerprint density at radius 1 is 1.39 bits per heavy atom. The number of amides is 1. The van der Waals surface area contributed by atoms with Crippen molar-refractivity contribution in [3.05, 3.63) is 35.1 Å². The van der Waals surface area contributed by atoms with E-state index >= 15 is 0 Å². The van der Waals surface area contributed by atoms with Gasteiger partial charge in [-0.25, -0.2) is 4.39 Å². The van der Waals surface area contributed by atoms with Crippen LogP contribution in [-0.4, -0.2) is 17.3 Å². The molecule has 98 valence electrons. The van der Waals surface area contributed by atoms with Gasteiger partial charge in [0.15, 0.2) is 0 Å². The average molecular weight is 270 g/mol. The summed E-state index contributed by atoms with van der Waals surface area (Å²) >= 11 is 6.18. The topological polar surface area (TPSA) is 29.1 Å². The first-order valence-electron chi connectivity index (χ1n) is 6.29. The number of carbonyl (C=O) groups excluding carboxylic acids is 1. The summed E-state index contributed by atoms with van der Waals surface area (Å²) in [7, 11) is 0. The van der Waals surface area contributed by atoms with Crippen molar-refractivity contribution in [2.24, 2.45) is 0 Å². The number of hydrogen-bond acceptors (Lipinski definition) is 1. The maximum absolute atomic E-state index is 13.8. The number of alkyl halides is 1. The Kier molecular flexibility index (Phi) is 4.23. The van der Waals surface area contributed by atoms with Gasteiger partial charge in [0.2, 0.25) is 0 Å². The van der Waals surface area contributed by atoms with E-state index in [1.165, 1.54) is 6.07 Å². The summed E-state index contributed by atoms with van der Waals surface area (Å²) in [4.78, 5) is 12.0. The molecule has 18 heavy (non-hydrogen) atoms. The van der Waals surface area contributed by atoms with Gasteiger partial charge < -0.3 is 5.32 Å². The fraction of sp³-hybridized carbons (Fsp3) is 0.500. The predicted molar refractivity (Wildman–Crippen MR) is 70.5 cm³/mol. The zero-order chi connectivity index (χ0) is 13.1. The number of rotatable bonds is 2. The molecule has 1 fully saturated rings. The van der Waals surface area contributed by atoms with Gasteiger partial charge in [0.1, 0.15) is 5.82 Å². The van der Waals surface area contributed by atoms with E-state index in [2.05, 4.69) is 5.32 Å². The van der Waals surface area contributed by atoms with Crippen molar-refractivity contribution < 1.29 is 9.18 Å². The monoisotopic (exact) mass is 269 g/mol. The van der Waals surface area contributed by atoms with E-state index in [1.54, 1.807) is 19.1 Å². The van der Waals surface area contributed by atoms with Crippen molar-refractivity contribution in [3.8, 4) is 0 Å². The van der Waals surface area contributed by atoms with Crippen LogP contribution in [0.15, 0.2) is 18.2 Å². The van der Waals surface area contributed by atoms with Crippen LogP contribution in [0.3, 0.4) is 0 Å². The van der Waals surface area contributed by atoms with Crippen LogP contribution in [0.4, 0.5) is 4.39 Å². The molecule has 0 bridgehead atoms. The van der Waals surface area contributed by atoms with Crippen molar-refractivity contribution in [1.29, 1.82) is 0 Å². The molecule has 2 nitrogen and oxygen atoms in total. The van der Waals surface area contributed by atoms with E-state index in [9.17, 15) is 9.18 Å². The van der Waals surface area contributed by atoms with Crippen LogP contribution in [0.25, 0.3) is 0 Å². The first kappa shape index (κ1) is 13.3. The van der Waals surface area contributed by atoms with Crippen LogP contribution in [0.1, 0.15) is 41.6 Å². The Bertz CT molecular complexity index is 449. The minimum absolute atomic E-state index is 0.0458. The summed E-state index contributed by atoms with van der Waals surface area (Å²) < 4.78 is 13.8. The molecule has 2 atom stereocenters. The molecule has 0 spiro atoms. The summed E-state index contributed by atoms with van der Waals surface area (Å²) in [6, 6.07) is 4.79. The fourth-order valence-electron chi connectivity index (χ4n) is 2.32. The van der Waals surface area contributed by atoms with E-state index in [4.69, 9.17) is 11.6 Å². The molecule has 1 aromatic rings. The molecule has 0 aromatic heterocycles. The molecule has 0 aliphatic heterocycles. The molecule has 1 aliphatic carbocycles. The zero-order valence-corrected chi connectivity index (χ0v) is 11.1. The minimum atomic E-state index is -0.447. The number of benzene rings is 1. The van der Waals surface area contributed by atoms with Crippen LogP contribution >= 0.6 is 11.6 Å². The molecule has 4 heteroatoms. The second-order valence-electron chi connectivity index (χ2n) is 4.82. The molecule has 2 rings (SSSR count). The Morgan fingerprint density at radius 2 is 2.11 bits per heavy atom. The first-order valence-corrected chi connectivity index (χ1v) is 6.73. The second-order valence-corrected chi connectivity index (χ2v) is 5.38. The van der Waals surface area contributed by atoms with Crippen molar-refractivity contribution in [3.63, 3.8) is 0 Å². The second kappa shape index (κ2) is 5.70. The maximum atomic E-state index is 13.8. The van der Waals surface area contributed by atoms with Crippen LogP contribution in [0.5, 0.6) is 0 Å². The summed E-state index contributed by atoms with van der Waals surface area (Å²) in [5.41, 5.74) is 0.582. The van der Waals surface area contributed by atoms with Crippen LogP contribution in [0.2, 0.25) is 0 Å². The summed E-state index contributed by atoms with van der Waals surface area (Å²) in [6.07, 6.45) is 3.93. The quantitative estimate of drug-likeness (QED) is 0.819. The smallest absolute Gasteiger partial charge is 0.254 e. The number of aryl methyl sites for hydroxylation is 1. The molecule has 2 unspecified atom stereocenters. The van der Waals surface area contributed by atoms with Crippen molar-refractivity contribution >= 4 is 17.5 Å². The molecular formula is C14H17ClFNO. The molecular weight excluding hydrogens is 253 g/mol. The highest BCUT2D eigenvalue weighted by Gasteiger charge is 2.25. The van der Waals surface area contributed by atoms with Gasteiger partial charge in [0.25, 0.3) is 5.91 Å². The predicted octanol–water partition coefficient (Wildman–Crippen LogP) is 3.41. The van der Waals surface area contributed by atoms with Crippen molar-refractivity contribution in [2.45, 2.75) is 44.0 Å². The molecule has 1 saturated carbocycles. The number of halogens is 2. The van der Waals surface area contributed by atoms with E-state index in [-0.39, 0.29) is 22.9 Å². The molecule has 0 heterocycles. The summed E-state index contributed by atoms with van der Waals surface area (Å²) in [5.74, 6) is -0.814. The molecule has 1 aliphatic rings. The number of nitrogens with one attached hydrogen (secondary N) is 1. The average Bonchev–Trinajstić information content (AvgIpc) is 2.35. The van der Waals surface area contributed by atoms with Crippen LogP contribution in [0, 0.1) is 12.7 Å². The first-order chi connectivity index (χ1) is 8.59. The third-order valence-electron chi connectivity index (χ3n) is 3.43. The van der Waals surface area contributed by atoms with Gasteiger partial charge >= 0.3 is 0 Å². The molecule has 1 N–H and O–H groups in total. The normalized spacial score (nSPS) is 23.7. The Labute approximate surface area is 112 Å². The number of hydrogen-bond donors (Lipinski definition) is 1. The zero-order valence-electron chi connectivity index (χ0n) is 10.4. The maximum Gasteiger partial charge on any atom is 0.254 e. The third kappa shape index (κ3) is 2.83. The fourth-order valence-corrected chi connectivity index (χ4v) is 2.66. The van der Waals surface area contributed by atoms with Crippen molar-refractivity contribution in [2.75, 3.05) is 0 Å². The minimum Gasteiger partial charge on any atom is -0.348 e. The Morgan fingerprint density at radius 3 is 2.83 bits per heavy atom. The van der Waals surface area contributed by atoms with E-state index < -0.39 is 5.82 Å². The Balaban J connectivity index is 2.09. The molecule has 1 amide bonds.